The highest BCUT2D eigenvalue weighted by molar-refractivity contribution is 5.61. The lowest BCUT2D eigenvalue weighted by Crippen LogP contribution is -2.41. The highest BCUT2D eigenvalue weighted by atomic mass is 16.6. The fraction of sp³-hybridized carbons (Fsp3) is 0.0833. The number of aromatic nitrogens is 1. The lowest BCUT2D eigenvalue weighted by atomic mass is 10.2. The van der Waals surface area contributed by atoms with Crippen LogP contribution in [0.15, 0.2) is 48.8 Å². The monoisotopic (exact) mass is 230 g/mol. The number of nitro groups is 1. The molecule has 0 atom stereocenters. The molecule has 5 nitrogen and oxygen atoms in total. The zero-order valence-electron chi connectivity index (χ0n) is 9.33. The summed E-state index contributed by atoms with van der Waals surface area (Å²) < 4.78 is 1.67. The lowest BCUT2D eigenvalue weighted by Gasteiger charge is -2.02. The van der Waals surface area contributed by atoms with Crippen LogP contribution in [0.5, 0.6) is 0 Å². The van der Waals surface area contributed by atoms with Crippen molar-refractivity contribution in [3.63, 3.8) is 0 Å². The fourth-order valence-electron chi connectivity index (χ4n) is 1.51. The van der Waals surface area contributed by atoms with Crippen LogP contribution >= 0.6 is 0 Å². The first-order chi connectivity index (χ1) is 8.16. The summed E-state index contributed by atoms with van der Waals surface area (Å²) in [5.74, 6) is 0. The first-order valence-electron chi connectivity index (χ1n) is 5.15. The lowest BCUT2D eigenvalue weighted by molar-refractivity contribution is -0.643. The van der Waals surface area contributed by atoms with E-state index < -0.39 is 4.92 Å². The molecule has 0 aliphatic heterocycles. The van der Waals surface area contributed by atoms with Crippen molar-refractivity contribution in [2.45, 2.75) is 6.92 Å². The molecule has 2 rings (SSSR count). The number of nitrogens with one attached hydrogen (secondary N) is 1. The van der Waals surface area contributed by atoms with Crippen molar-refractivity contribution in [2.24, 2.45) is 0 Å². The molecule has 0 amide bonds. The van der Waals surface area contributed by atoms with E-state index in [1.807, 2.05) is 25.1 Å². The minimum Gasteiger partial charge on any atom is -0.258 e. The second-order valence-electron chi connectivity index (χ2n) is 3.67. The van der Waals surface area contributed by atoms with Crippen LogP contribution < -0.4 is 10.1 Å². The Kier molecular flexibility index (Phi) is 3.00. The van der Waals surface area contributed by atoms with Crippen molar-refractivity contribution in [3.05, 3.63) is 64.5 Å². The molecule has 1 aromatic carbocycles. The predicted molar refractivity (Wildman–Crippen MR) is 63.5 cm³/mol. The second kappa shape index (κ2) is 4.61. The average molecular weight is 230 g/mol. The predicted octanol–water partition coefficient (Wildman–Crippen LogP) is 2.07. The van der Waals surface area contributed by atoms with E-state index >= 15 is 0 Å². The SMILES string of the molecule is Cc1ccc([N+](=O)[O-])c(N[n+]2ccccc2)c1. The van der Waals surface area contributed by atoms with Crippen LogP contribution in [-0.2, 0) is 0 Å². The van der Waals surface area contributed by atoms with Crippen LogP contribution in [0.1, 0.15) is 5.56 Å². The number of hydrogen-bond donors (Lipinski definition) is 1. The van der Waals surface area contributed by atoms with Crippen molar-refractivity contribution in [2.75, 3.05) is 5.43 Å². The molecule has 2 aromatic rings. The maximum absolute atomic E-state index is 10.9. The molecule has 86 valence electrons. The van der Waals surface area contributed by atoms with Crippen LogP contribution in [0.3, 0.4) is 0 Å². The van der Waals surface area contributed by atoms with Crippen molar-refractivity contribution in [1.82, 2.24) is 0 Å². The normalized spacial score (nSPS) is 9.94. The zero-order valence-corrected chi connectivity index (χ0v) is 9.33. The summed E-state index contributed by atoms with van der Waals surface area (Å²) in [6.45, 7) is 1.89. The number of rotatable bonds is 3. The number of anilines is 1. The summed E-state index contributed by atoms with van der Waals surface area (Å²) >= 11 is 0. The first kappa shape index (κ1) is 11.1. The van der Waals surface area contributed by atoms with E-state index in [2.05, 4.69) is 5.43 Å². The van der Waals surface area contributed by atoms with Gasteiger partial charge in [0, 0.05) is 18.2 Å². The quantitative estimate of drug-likeness (QED) is 0.499. The van der Waals surface area contributed by atoms with Gasteiger partial charge in [0.2, 0.25) is 0 Å². The standard InChI is InChI=1S/C12H12N3O2/c1-10-5-6-12(15(16)17)11(9-10)13-14-7-3-2-4-8-14/h2-9,13H,1H3/q+1. The molecule has 0 saturated carbocycles. The van der Waals surface area contributed by atoms with E-state index in [1.165, 1.54) is 6.07 Å². The number of hydrogen-bond acceptors (Lipinski definition) is 3. The Hall–Kier alpha value is -2.43. The van der Waals surface area contributed by atoms with E-state index in [1.54, 1.807) is 29.2 Å². The third kappa shape index (κ3) is 2.57. The van der Waals surface area contributed by atoms with Gasteiger partial charge in [0.05, 0.1) is 4.92 Å². The third-order valence-electron chi connectivity index (χ3n) is 2.31. The molecule has 5 heteroatoms. The maximum atomic E-state index is 10.9. The fourth-order valence-corrected chi connectivity index (χ4v) is 1.51. The summed E-state index contributed by atoms with van der Waals surface area (Å²) in [7, 11) is 0. The molecule has 0 radical (unpaired) electrons. The number of nitrogens with zero attached hydrogens (tertiary/aromatic N) is 2. The van der Waals surface area contributed by atoms with Gasteiger partial charge in [-0.25, -0.2) is 0 Å². The average Bonchev–Trinajstić information content (AvgIpc) is 2.30. The number of nitro benzene ring substituents is 1. The molecule has 0 aliphatic rings. The van der Waals surface area contributed by atoms with Crippen molar-refractivity contribution >= 4 is 11.4 Å². The van der Waals surface area contributed by atoms with E-state index in [0.29, 0.717) is 5.69 Å². The van der Waals surface area contributed by atoms with Crippen LogP contribution in [0.25, 0.3) is 0 Å². The van der Waals surface area contributed by atoms with E-state index in [9.17, 15) is 10.1 Å². The van der Waals surface area contributed by atoms with Gasteiger partial charge in [-0.05, 0) is 18.6 Å². The highest BCUT2D eigenvalue weighted by Gasteiger charge is 2.16. The summed E-state index contributed by atoms with van der Waals surface area (Å²) in [4.78, 5) is 10.5. The maximum Gasteiger partial charge on any atom is 0.298 e. The van der Waals surface area contributed by atoms with Crippen molar-refractivity contribution in [1.29, 1.82) is 0 Å². The first-order valence-corrected chi connectivity index (χ1v) is 5.15. The second-order valence-corrected chi connectivity index (χ2v) is 3.67. The molecule has 0 spiro atoms. The van der Waals surface area contributed by atoms with E-state index in [4.69, 9.17) is 0 Å². The van der Waals surface area contributed by atoms with Gasteiger partial charge in [-0.2, -0.15) is 5.43 Å². The van der Waals surface area contributed by atoms with Gasteiger partial charge in [-0.3, -0.25) is 10.1 Å². The number of pyridine rings is 1. The minimum absolute atomic E-state index is 0.0620. The van der Waals surface area contributed by atoms with Crippen LogP contribution in [0.2, 0.25) is 0 Å². The Bertz CT molecular complexity index is 541. The smallest absolute Gasteiger partial charge is 0.258 e. The van der Waals surface area contributed by atoms with Gasteiger partial charge in [0.1, 0.15) is 0 Å². The molecule has 1 N–H and O–H groups in total. The summed E-state index contributed by atoms with van der Waals surface area (Å²) in [6.07, 6.45) is 3.57. The Morgan fingerprint density at radius 2 is 1.94 bits per heavy atom. The van der Waals surface area contributed by atoms with Gasteiger partial charge in [-0.15, -0.1) is 0 Å². The van der Waals surface area contributed by atoms with E-state index in [0.717, 1.165) is 5.56 Å². The minimum atomic E-state index is -0.398. The topological polar surface area (TPSA) is 59.1 Å². The molecular weight excluding hydrogens is 218 g/mol. The summed E-state index contributed by atoms with van der Waals surface area (Å²) in [5.41, 5.74) is 4.48. The molecule has 0 fully saturated rings. The van der Waals surface area contributed by atoms with Crippen LogP contribution in [-0.4, -0.2) is 4.92 Å². The van der Waals surface area contributed by atoms with Gasteiger partial charge in [0.15, 0.2) is 18.1 Å². The number of benzene rings is 1. The molecule has 0 bridgehead atoms. The van der Waals surface area contributed by atoms with Crippen molar-refractivity contribution in [3.8, 4) is 0 Å². The van der Waals surface area contributed by atoms with E-state index in [-0.39, 0.29) is 5.69 Å². The van der Waals surface area contributed by atoms with Crippen LogP contribution in [0.4, 0.5) is 11.4 Å². The molecule has 0 aliphatic carbocycles. The molecule has 0 saturated heterocycles. The Labute approximate surface area is 98.5 Å². The van der Waals surface area contributed by atoms with Crippen LogP contribution in [0, 0.1) is 17.0 Å². The Balaban J connectivity index is 2.37. The zero-order chi connectivity index (χ0) is 12.3. The summed E-state index contributed by atoms with van der Waals surface area (Å²) in [6, 6.07) is 10.5. The molecule has 0 unspecified atom stereocenters. The molecular formula is C12H12N3O2+. The van der Waals surface area contributed by atoms with Gasteiger partial charge < -0.3 is 0 Å². The number of aryl methyl sites for hydroxylation is 1. The van der Waals surface area contributed by atoms with Gasteiger partial charge in [0.25, 0.3) is 5.69 Å². The largest absolute Gasteiger partial charge is 0.298 e. The molecule has 1 heterocycles. The van der Waals surface area contributed by atoms with Crippen molar-refractivity contribution < 1.29 is 9.60 Å². The molecule has 17 heavy (non-hydrogen) atoms. The Morgan fingerprint density at radius 1 is 1.24 bits per heavy atom. The summed E-state index contributed by atoms with van der Waals surface area (Å²) in [5, 5.41) is 10.9. The Morgan fingerprint density at radius 3 is 2.59 bits per heavy atom. The highest BCUT2D eigenvalue weighted by Crippen LogP contribution is 2.24. The van der Waals surface area contributed by atoms with Gasteiger partial charge in [-0.1, -0.05) is 16.8 Å². The third-order valence-corrected chi connectivity index (χ3v) is 2.31. The van der Waals surface area contributed by atoms with Gasteiger partial charge >= 0.3 is 0 Å². The molecule has 1 aromatic heterocycles.